The molecule has 0 bridgehead atoms. The summed E-state index contributed by atoms with van der Waals surface area (Å²) in [5, 5.41) is 69.6. The van der Waals surface area contributed by atoms with Crippen molar-refractivity contribution in [3.8, 4) is 0 Å². The van der Waals surface area contributed by atoms with E-state index in [1.54, 1.807) is 17.2 Å². The minimum atomic E-state index is -1.29. The lowest BCUT2D eigenvalue weighted by atomic mass is 9.91. The number of hydrogen-bond acceptors (Lipinski definition) is 21. The Labute approximate surface area is 397 Å². The Morgan fingerprint density at radius 1 is 0.739 bits per heavy atom. The average Bonchev–Trinajstić information content (AvgIpc) is 4.22. The third-order valence-electron chi connectivity index (χ3n) is 12.4. The maximum absolute atomic E-state index is 11.2. The van der Waals surface area contributed by atoms with Crippen molar-refractivity contribution in [2.24, 2.45) is 0 Å². The number of aryl methyl sites for hydroxylation is 1. The second-order valence-corrected chi connectivity index (χ2v) is 17.0. The molecule has 0 unspecified atom stereocenters. The molecule has 10 N–H and O–H groups in total. The molecule has 4 aliphatic rings. The largest absolute Gasteiger partial charge is 0.483 e. The van der Waals surface area contributed by atoms with Crippen LogP contribution in [0.5, 0.6) is 0 Å². The van der Waals surface area contributed by atoms with Crippen molar-refractivity contribution >= 4 is 65.3 Å². The fraction of sp³-hybridized carbons (Fsp3) is 0.667. The molecule has 9 rings (SSSR count). The summed E-state index contributed by atoms with van der Waals surface area (Å²) in [4.78, 5) is 63.3. The first-order valence-electron chi connectivity index (χ1n) is 23.7. The zero-order valence-electron chi connectivity index (χ0n) is 38.9. The second kappa shape index (κ2) is 26.9. The molecule has 3 saturated heterocycles. The van der Waals surface area contributed by atoms with Crippen LogP contribution in [0.15, 0.2) is 12.7 Å². The van der Waals surface area contributed by atoms with E-state index in [1.165, 1.54) is 56.7 Å². The highest BCUT2D eigenvalue weighted by Gasteiger charge is 2.47. The fourth-order valence-electron chi connectivity index (χ4n) is 9.01. The van der Waals surface area contributed by atoms with Crippen LogP contribution in [0.3, 0.4) is 0 Å². The molecule has 69 heavy (non-hydrogen) atoms. The van der Waals surface area contributed by atoms with Gasteiger partial charge in [-0.1, -0.05) is 0 Å². The predicted molar refractivity (Wildman–Crippen MR) is 252 cm³/mol. The number of aromatic amines is 1. The van der Waals surface area contributed by atoms with Gasteiger partial charge in [-0.15, -0.1) is 10.2 Å². The van der Waals surface area contributed by atoms with E-state index in [-0.39, 0.29) is 37.3 Å². The summed E-state index contributed by atoms with van der Waals surface area (Å²) >= 11 is 0. The van der Waals surface area contributed by atoms with Crippen LogP contribution in [-0.4, -0.2) is 191 Å². The topological polar surface area (TPSA) is 358 Å². The maximum atomic E-state index is 11.2. The van der Waals surface area contributed by atoms with Gasteiger partial charge in [-0.05, 0) is 128 Å². The van der Waals surface area contributed by atoms with E-state index < -0.39 is 24.5 Å². The molecule has 0 radical (unpaired) electrons. The molecule has 8 heterocycles. The normalized spacial score (nSPS) is 22.4. The number of likely N-dealkylation sites (tertiary alicyclic amines) is 2. The number of aromatic nitrogens is 12. The van der Waals surface area contributed by atoms with E-state index in [9.17, 15) is 10.2 Å². The predicted octanol–water partition coefficient (Wildman–Crippen LogP) is 2.00. The number of imidazole rings is 2. The van der Waals surface area contributed by atoms with Crippen LogP contribution in [0.4, 0.5) is 23.5 Å². The Hall–Kier alpha value is -6.42. The van der Waals surface area contributed by atoms with Gasteiger partial charge >= 0.3 is 0 Å². The number of H-pyrrole nitrogens is 1. The number of ether oxygens (including phenoxy) is 1. The average molecular weight is 967 g/mol. The summed E-state index contributed by atoms with van der Waals surface area (Å²) in [7, 11) is 0. The minimum Gasteiger partial charge on any atom is -0.483 e. The van der Waals surface area contributed by atoms with Crippen LogP contribution in [0.2, 0.25) is 0 Å². The Morgan fingerprint density at radius 2 is 1.29 bits per heavy atom. The number of fused-ring (bicyclic) bond motifs is 2. The Balaban J connectivity index is 0.000000808. The summed E-state index contributed by atoms with van der Waals surface area (Å²) < 4.78 is 7.88. The van der Waals surface area contributed by atoms with Crippen LogP contribution in [-0.2, 0) is 25.7 Å². The molecule has 0 amide bonds. The molecule has 1 aliphatic carbocycles. The molecule has 27 nitrogen and oxygen atoms in total. The number of aliphatic hydroxyl groups is 2. The summed E-state index contributed by atoms with van der Waals surface area (Å²) in [6.45, 7) is 10.3. The van der Waals surface area contributed by atoms with E-state index in [0.717, 1.165) is 82.3 Å². The number of nitrogens with zero attached hydrogens (tertiary/aromatic N) is 13. The smallest absolute Gasteiger partial charge is 0.290 e. The van der Waals surface area contributed by atoms with E-state index in [4.69, 9.17) is 54.4 Å². The third-order valence-corrected chi connectivity index (χ3v) is 12.4. The van der Waals surface area contributed by atoms with Crippen molar-refractivity contribution < 1.29 is 44.7 Å². The van der Waals surface area contributed by atoms with Crippen molar-refractivity contribution in [2.45, 2.75) is 127 Å². The number of carboxylic acid groups (broad SMARTS) is 3. The van der Waals surface area contributed by atoms with Crippen molar-refractivity contribution in [3.63, 3.8) is 0 Å². The summed E-state index contributed by atoms with van der Waals surface area (Å²) in [5.41, 5.74) is 2.49. The fourth-order valence-corrected chi connectivity index (χ4v) is 9.01. The number of carbonyl (C=O) groups is 3. The molecule has 5 aromatic rings. The van der Waals surface area contributed by atoms with Gasteiger partial charge in [0.05, 0.1) is 19.2 Å². The molecule has 4 fully saturated rings. The van der Waals surface area contributed by atoms with Gasteiger partial charge in [-0.2, -0.15) is 24.7 Å². The SMILES string of the molecule is CCn1nnc([C@H]2O[C@@H](n3cnc4c(NC5CCC(Nc6nc(NCCCCN7CCCC7)nc7nc[nH]c67)CC5)nc(NCCCCN5CCCC5)nc43)[C@H](O)[C@@H]2O)n1.O=CO.O=CO.O=CO. The number of rotatable bonds is 19. The van der Waals surface area contributed by atoms with Gasteiger partial charge < -0.3 is 66.3 Å². The lowest BCUT2D eigenvalue weighted by Crippen LogP contribution is -2.33. The zero-order valence-corrected chi connectivity index (χ0v) is 38.9. The van der Waals surface area contributed by atoms with Gasteiger partial charge in [0, 0.05) is 25.2 Å². The van der Waals surface area contributed by atoms with Crippen molar-refractivity contribution in [1.82, 2.24) is 69.5 Å². The van der Waals surface area contributed by atoms with Crippen molar-refractivity contribution in [3.05, 3.63) is 18.5 Å². The first kappa shape index (κ1) is 52.0. The molecule has 378 valence electrons. The van der Waals surface area contributed by atoms with Gasteiger partial charge in [0.1, 0.15) is 17.7 Å². The van der Waals surface area contributed by atoms with Crippen LogP contribution in [0, 0.1) is 0 Å². The van der Waals surface area contributed by atoms with E-state index >= 15 is 0 Å². The van der Waals surface area contributed by atoms with Gasteiger partial charge in [0.25, 0.3) is 19.4 Å². The molecule has 0 aromatic carbocycles. The third kappa shape index (κ3) is 14.3. The summed E-state index contributed by atoms with van der Waals surface area (Å²) in [6, 6.07) is 0.357. The molecular weight excluding hydrogens is 901 g/mol. The molecule has 1 saturated carbocycles. The Kier molecular flexibility index (Phi) is 20.3. The van der Waals surface area contributed by atoms with Gasteiger partial charge in [0.2, 0.25) is 17.7 Å². The molecule has 5 aromatic heterocycles. The van der Waals surface area contributed by atoms with Gasteiger partial charge in [-0.25, -0.2) is 9.97 Å². The molecular formula is C42H66N18O9. The highest BCUT2D eigenvalue weighted by molar-refractivity contribution is 5.85. The highest BCUT2D eigenvalue weighted by Crippen LogP contribution is 2.39. The van der Waals surface area contributed by atoms with Gasteiger partial charge in [-0.3, -0.25) is 19.0 Å². The summed E-state index contributed by atoms with van der Waals surface area (Å²) in [6.07, 6.45) is 11.9. The van der Waals surface area contributed by atoms with Crippen LogP contribution >= 0.6 is 0 Å². The molecule has 27 heteroatoms. The Bertz CT molecular complexity index is 2300. The minimum absolute atomic E-state index is 0.141. The quantitative estimate of drug-likeness (QED) is 0.0418. The molecule has 3 aliphatic heterocycles. The number of hydrogen-bond donors (Lipinski definition) is 10. The second-order valence-electron chi connectivity index (χ2n) is 17.0. The van der Waals surface area contributed by atoms with Gasteiger partial charge in [0.15, 0.2) is 40.8 Å². The number of anilines is 4. The maximum Gasteiger partial charge on any atom is 0.290 e. The van der Waals surface area contributed by atoms with Crippen molar-refractivity contribution in [1.29, 1.82) is 0 Å². The summed E-state index contributed by atoms with van der Waals surface area (Å²) in [5.74, 6) is 2.64. The number of unbranched alkanes of at least 4 members (excludes halogenated alkanes) is 2. The lowest BCUT2D eigenvalue weighted by Gasteiger charge is -2.30. The number of nitrogens with one attached hydrogen (secondary N) is 5. The number of aliphatic hydroxyl groups excluding tert-OH is 2. The first-order chi connectivity index (χ1) is 33.7. The van der Waals surface area contributed by atoms with Crippen molar-refractivity contribution in [2.75, 3.05) is 73.6 Å². The molecule has 0 spiro atoms. The standard InChI is InChI=1S/C39H60N18O3.3CH2O2/c1-2-57-52-35(51-53-57)31-29(58)30(59)37(60-31)56-24-44-28-34(49-39(50-36(28)56)41-16-4-6-18-55-21-9-10-22-55)46-26-13-11-25(12-14-26)45-33-27-32(43-23-42-27)47-38(48-33)40-15-3-5-17-54-19-7-8-20-54;3*2-1-3/h23-26,29-31,37,58-59H,2-22H2,1H3,(H2,41,46,49,50)(H3,40,42,43,45,47,48);3*1H,(H,2,3)/t25?,26?,29-,30+,31-,37+;;;/m0.../s1. The van der Waals surface area contributed by atoms with E-state index in [1.807, 2.05) is 6.92 Å². The zero-order chi connectivity index (χ0) is 49.0. The van der Waals surface area contributed by atoms with Crippen LogP contribution < -0.4 is 21.3 Å². The number of tetrazole rings is 1. The molecule has 4 atom stereocenters. The Morgan fingerprint density at radius 3 is 1.86 bits per heavy atom. The van der Waals surface area contributed by atoms with Crippen LogP contribution in [0.25, 0.3) is 22.3 Å². The monoisotopic (exact) mass is 967 g/mol. The first-order valence-corrected chi connectivity index (χ1v) is 23.7. The lowest BCUT2D eigenvalue weighted by molar-refractivity contribution is -0.123. The van der Waals surface area contributed by atoms with Crippen LogP contribution in [0.1, 0.15) is 102 Å². The van der Waals surface area contributed by atoms with E-state index in [0.29, 0.717) is 47.6 Å². The van der Waals surface area contributed by atoms with E-state index in [2.05, 4.69) is 61.4 Å². The highest BCUT2D eigenvalue weighted by atomic mass is 16.6.